The van der Waals surface area contributed by atoms with Gasteiger partial charge in [0, 0.05) is 12.3 Å². The van der Waals surface area contributed by atoms with Crippen molar-refractivity contribution in [3.8, 4) is 11.5 Å². The molecule has 1 aromatic carbocycles. The fraction of sp³-hybridized carbons (Fsp3) is 0.231. The van der Waals surface area contributed by atoms with E-state index in [-0.39, 0.29) is 6.61 Å². The lowest BCUT2D eigenvalue weighted by molar-refractivity contribution is 0.271. The number of ether oxygens (including phenoxy) is 2. The molecule has 1 aromatic heterocycles. The summed E-state index contributed by atoms with van der Waals surface area (Å²) in [6.45, 7) is -0.199. The lowest BCUT2D eigenvalue weighted by Crippen LogP contribution is -2.01. The zero-order valence-electron chi connectivity index (χ0n) is 10.8. The summed E-state index contributed by atoms with van der Waals surface area (Å²) in [5.74, 6) is 2.30. The van der Waals surface area contributed by atoms with Crippen molar-refractivity contribution in [2.24, 2.45) is 0 Å². The van der Waals surface area contributed by atoms with Crippen molar-refractivity contribution in [3.63, 3.8) is 0 Å². The van der Waals surface area contributed by atoms with E-state index in [1.807, 2.05) is 12.1 Å². The minimum absolute atomic E-state index is 0.199. The maximum absolute atomic E-state index is 9.00. The lowest BCUT2D eigenvalue weighted by atomic mass is 10.2. The van der Waals surface area contributed by atoms with E-state index in [0.29, 0.717) is 23.1 Å². The molecule has 0 radical (unpaired) electrons. The molecule has 100 valence electrons. The van der Waals surface area contributed by atoms with Crippen molar-refractivity contribution in [2.45, 2.75) is 6.61 Å². The summed E-state index contributed by atoms with van der Waals surface area (Å²) in [7, 11) is 3.18. The van der Waals surface area contributed by atoms with Crippen molar-refractivity contribution in [2.75, 3.05) is 19.5 Å². The molecule has 0 atom stereocenters. The Bertz CT molecular complexity index is 561. The molecule has 0 aliphatic carbocycles. The Morgan fingerprint density at radius 1 is 1.21 bits per heavy atom. The molecule has 0 spiro atoms. The van der Waals surface area contributed by atoms with Crippen LogP contribution in [0.15, 0.2) is 30.5 Å². The van der Waals surface area contributed by atoms with E-state index in [4.69, 9.17) is 14.6 Å². The second-order valence-electron chi connectivity index (χ2n) is 3.71. The van der Waals surface area contributed by atoms with Gasteiger partial charge in [0.1, 0.15) is 23.9 Å². The minimum atomic E-state index is -0.199. The van der Waals surface area contributed by atoms with E-state index in [1.54, 1.807) is 32.5 Å². The Hall–Kier alpha value is -2.34. The second kappa shape index (κ2) is 6.01. The molecule has 2 N–H and O–H groups in total. The summed E-state index contributed by atoms with van der Waals surface area (Å²) in [5.41, 5.74) is 0.755. The molecule has 0 aliphatic heterocycles. The van der Waals surface area contributed by atoms with Crippen LogP contribution in [-0.2, 0) is 6.61 Å². The summed E-state index contributed by atoms with van der Waals surface area (Å²) in [6.07, 6.45) is 1.58. The number of nitrogens with one attached hydrogen (secondary N) is 1. The number of hydrogen-bond acceptors (Lipinski definition) is 6. The number of nitrogens with zero attached hydrogens (tertiary/aromatic N) is 2. The molecule has 0 bridgehead atoms. The average Bonchev–Trinajstić information content (AvgIpc) is 2.48. The molecule has 6 heteroatoms. The van der Waals surface area contributed by atoms with Crippen LogP contribution in [0.4, 0.5) is 11.5 Å². The van der Waals surface area contributed by atoms with Gasteiger partial charge in [-0.1, -0.05) is 0 Å². The fourth-order valence-corrected chi connectivity index (χ4v) is 1.58. The topological polar surface area (TPSA) is 76.5 Å². The minimum Gasteiger partial charge on any atom is -0.497 e. The zero-order chi connectivity index (χ0) is 13.7. The Balaban J connectivity index is 2.26. The molecule has 0 unspecified atom stereocenters. The van der Waals surface area contributed by atoms with Crippen molar-refractivity contribution >= 4 is 11.5 Å². The summed E-state index contributed by atoms with van der Waals surface area (Å²) in [4.78, 5) is 8.06. The third kappa shape index (κ3) is 3.11. The molecular formula is C13H15N3O3. The molecule has 19 heavy (non-hydrogen) atoms. The van der Waals surface area contributed by atoms with Crippen LogP contribution >= 0.6 is 0 Å². The number of aliphatic hydroxyl groups is 1. The quantitative estimate of drug-likeness (QED) is 0.853. The van der Waals surface area contributed by atoms with Gasteiger partial charge in [-0.2, -0.15) is 0 Å². The predicted molar refractivity (Wildman–Crippen MR) is 70.8 cm³/mol. The Morgan fingerprint density at radius 2 is 2.05 bits per heavy atom. The van der Waals surface area contributed by atoms with Crippen LogP contribution in [0.25, 0.3) is 0 Å². The van der Waals surface area contributed by atoms with E-state index in [0.717, 1.165) is 5.69 Å². The van der Waals surface area contributed by atoms with Gasteiger partial charge in [-0.25, -0.2) is 9.97 Å². The van der Waals surface area contributed by atoms with Crippen LogP contribution in [0.2, 0.25) is 0 Å². The number of methoxy groups -OCH3 is 2. The number of hydrogen-bond donors (Lipinski definition) is 2. The Kier molecular flexibility index (Phi) is 4.15. The number of benzene rings is 1. The van der Waals surface area contributed by atoms with Crippen LogP contribution in [0.3, 0.4) is 0 Å². The molecule has 6 nitrogen and oxygen atoms in total. The highest BCUT2D eigenvalue weighted by molar-refractivity contribution is 5.65. The molecule has 0 saturated heterocycles. The standard InChI is InChI=1S/C13H15N3O3/c1-18-9-3-4-10(11(7-9)19-2)15-12-5-6-14-13(8-17)16-12/h3-7,17H,8H2,1-2H3,(H,14,15,16). The summed E-state index contributed by atoms with van der Waals surface area (Å²) < 4.78 is 10.4. The highest BCUT2D eigenvalue weighted by atomic mass is 16.5. The zero-order valence-corrected chi connectivity index (χ0v) is 10.8. The largest absolute Gasteiger partial charge is 0.497 e. The average molecular weight is 261 g/mol. The molecule has 1 heterocycles. The monoisotopic (exact) mass is 261 g/mol. The number of anilines is 2. The van der Waals surface area contributed by atoms with E-state index in [1.165, 1.54) is 0 Å². The molecular weight excluding hydrogens is 246 g/mol. The first kappa shape index (κ1) is 13.1. The van der Waals surface area contributed by atoms with Gasteiger partial charge in [0.05, 0.1) is 19.9 Å². The van der Waals surface area contributed by atoms with E-state index < -0.39 is 0 Å². The van der Waals surface area contributed by atoms with Gasteiger partial charge in [-0.3, -0.25) is 0 Å². The van der Waals surface area contributed by atoms with Gasteiger partial charge >= 0.3 is 0 Å². The lowest BCUT2D eigenvalue weighted by Gasteiger charge is -2.12. The van der Waals surface area contributed by atoms with Gasteiger partial charge in [-0.05, 0) is 18.2 Å². The van der Waals surface area contributed by atoms with Crippen molar-refractivity contribution in [3.05, 3.63) is 36.3 Å². The molecule has 2 rings (SSSR count). The third-order valence-corrected chi connectivity index (χ3v) is 2.52. The molecule has 0 fully saturated rings. The van der Waals surface area contributed by atoms with Gasteiger partial charge in [-0.15, -0.1) is 0 Å². The second-order valence-corrected chi connectivity index (χ2v) is 3.71. The van der Waals surface area contributed by atoms with E-state index >= 15 is 0 Å². The summed E-state index contributed by atoms with van der Waals surface area (Å²) in [5, 5.41) is 12.1. The summed E-state index contributed by atoms with van der Waals surface area (Å²) >= 11 is 0. The number of aliphatic hydroxyl groups excluding tert-OH is 1. The van der Waals surface area contributed by atoms with Crippen LogP contribution in [0.5, 0.6) is 11.5 Å². The van der Waals surface area contributed by atoms with Gasteiger partial charge in [0.2, 0.25) is 0 Å². The number of aromatic nitrogens is 2. The molecule has 0 saturated carbocycles. The SMILES string of the molecule is COc1ccc(Nc2ccnc(CO)n2)c(OC)c1. The van der Waals surface area contributed by atoms with Crippen molar-refractivity contribution in [1.82, 2.24) is 9.97 Å². The number of rotatable bonds is 5. The first-order valence-corrected chi connectivity index (χ1v) is 5.68. The highest BCUT2D eigenvalue weighted by Gasteiger charge is 2.06. The predicted octanol–water partition coefficient (Wildman–Crippen LogP) is 1.73. The van der Waals surface area contributed by atoms with Gasteiger partial charge in [0.25, 0.3) is 0 Å². The van der Waals surface area contributed by atoms with Crippen LogP contribution in [0.1, 0.15) is 5.82 Å². The smallest absolute Gasteiger partial charge is 0.156 e. The van der Waals surface area contributed by atoms with Crippen LogP contribution in [0, 0.1) is 0 Å². The first-order chi connectivity index (χ1) is 9.26. The van der Waals surface area contributed by atoms with E-state index in [9.17, 15) is 0 Å². The maximum atomic E-state index is 9.00. The van der Waals surface area contributed by atoms with Crippen LogP contribution in [-0.4, -0.2) is 29.3 Å². The normalized spacial score (nSPS) is 10.1. The van der Waals surface area contributed by atoms with Gasteiger partial charge in [0.15, 0.2) is 5.82 Å². The Labute approximate surface area is 111 Å². The molecule has 2 aromatic rings. The van der Waals surface area contributed by atoms with Crippen molar-refractivity contribution < 1.29 is 14.6 Å². The van der Waals surface area contributed by atoms with E-state index in [2.05, 4.69) is 15.3 Å². The summed E-state index contributed by atoms with van der Waals surface area (Å²) in [6, 6.07) is 7.14. The fourth-order valence-electron chi connectivity index (χ4n) is 1.58. The maximum Gasteiger partial charge on any atom is 0.156 e. The Morgan fingerprint density at radius 3 is 2.74 bits per heavy atom. The molecule has 0 amide bonds. The third-order valence-electron chi connectivity index (χ3n) is 2.52. The van der Waals surface area contributed by atoms with Crippen molar-refractivity contribution in [1.29, 1.82) is 0 Å². The first-order valence-electron chi connectivity index (χ1n) is 5.68. The van der Waals surface area contributed by atoms with Crippen LogP contribution < -0.4 is 14.8 Å². The highest BCUT2D eigenvalue weighted by Crippen LogP contribution is 2.30. The molecule has 0 aliphatic rings. The van der Waals surface area contributed by atoms with Gasteiger partial charge < -0.3 is 19.9 Å².